The fourth-order valence-electron chi connectivity index (χ4n) is 4.50. The van der Waals surface area contributed by atoms with Gasteiger partial charge in [-0.15, -0.1) is 0 Å². The standard InChI is InChI=1S/C18H22FNO2.C14H25N3O3.C2H6/c1-4-21-17-12-13(3)11-16(20-22-5-2)18(17)14-7-6-8-15(19)10-9-14;1-4-14(6-7-15-5-2)11-17(13(19)20-14)9-8-16-10-12(3)18;1-2/h6,8-12,20H,4-5,7H2,1-3H3;8,10,15,18H,4-7,9,11H2,1-3H3;1-2H3/b;12-10+,16-8?;. The molecule has 1 atom stereocenters. The number of benzene rings is 1. The van der Waals surface area contributed by atoms with Crippen LogP contribution < -0.4 is 15.5 Å². The summed E-state index contributed by atoms with van der Waals surface area (Å²) in [7, 11) is 0. The van der Waals surface area contributed by atoms with Gasteiger partial charge in [-0.05, 0) is 89.0 Å². The Morgan fingerprint density at radius 2 is 1.95 bits per heavy atom. The second-order valence-electron chi connectivity index (χ2n) is 9.99. The summed E-state index contributed by atoms with van der Waals surface area (Å²) in [5.41, 5.74) is 6.38. The lowest BCUT2D eigenvalue weighted by Gasteiger charge is -2.25. The zero-order chi connectivity index (χ0) is 33.0. The quantitative estimate of drug-likeness (QED) is 0.0841. The van der Waals surface area contributed by atoms with Gasteiger partial charge in [-0.1, -0.05) is 39.8 Å². The van der Waals surface area contributed by atoms with E-state index in [4.69, 9.17) is 19.4 Å². The highest BCUT2D eigenvalue weighted by Gasteiger charge is 2.42. The summed E-state index contributed by atoms with van der Waals surface area (Å²) in [6, 6.07) is 3.99. The van der Waals surface area contributed by atoms with Crippen molar-refractivity contribution in [3.05, 3.63) is 65.3 Å². The molecule has 1 fully saturated rings. The lowest BCUT2D eigenvalue weighted by Crippen LogP contribution is -2.37. The molecule has 44 heavy (non-hydrogen) atoms. The molecule has 1 amide bonds. The molecule has 0 saturated carbocycles. The van der Waals surface area contributed by atoms with Gasteiger partial charge in [0.05, 0.1) is 38.2 Å². The normalized spacial score (nSPS) is 18.0. The summed E-state index contributed by atoms with van der Waals surface area (Å²) in [6.45, 7) is 19.3. The van der Waals surface area contributed by atoms with Gasteiger partial charge >= 0.3 is 6.09 Å². The van der Waals surface area contributed by atoms with Crippen LogP contribution in [0.2, 0.25) is 0 Å². The second-order valence-corrected chi connectivity index (χ2v) is 9.99. The first-order valence-corrected chi connectivity index (χ1v) is 15.6. The number of hydrogen-bond donors (Lipinski definition) is 3. The van der Waals surface area contributed by atoms with Crippen LogP contribution in [0.4, 0.5) is 14.9 Å². The number of hydrogen-bond acceptors (Lipinski definition) is 8. The highest BCUT2D eigenvalue weighted by atomic mass is 19.1. The Morgan fingerprint density at radius 3 is 2.59 bits per heavy atom. The predicted octanol–water partition coefficient (Wildman–Crippen LogP) is 8.06. The molecule has 1 saturated heterocycles. The number of aliphatic imine (C=N–C) groups is 1. The van der Waals surface area contributed by atoms with Gasteiger partial charge < -0.3 is 19.9 Å². The molecular formula is C34H53FN4O5. The van der Waals surface area contributed by atoms with Crippen molar-refractivity contribution in [1.29, 1.82) is 0 Å². The summed E-state index contributed by atoms with van der Waals surface area (Å²) < 4.78 is 24.7. The van der Waals surface area contributed by atoms with Crippen LogP contribution in [0.5, 0.6) is 5.75 Å². The van der Waals surface area contributed by atoms with E-state index in [-0.39, 0.29) is 17.7 Å². The van der Waals surface area contributed by atoms with Crippen LogP contribution >= 0.6 is 0 Å². The molecule has 1 heterocycles. The highest BCUT2D eigenvalue weighted by Crippen LogP contribution is 2.37. The lowest BCUT2D eigenvalue weighted by molar-refractivity contribution is 0.0467. The average Bonchev–Trinajstić information content (AvgIpc) is 3.16. The topological polar surface area (TPSA) is 105 Å². The van der Waals surface area contributed by atoms with Gasteiger partial charge in [-0.2, -0.15) is 0 Å². The third-order valence-corrected chi connectivity index (χ3v) is 6.61. The van der Waals surface area contributed by atoms with Crippen molar-refractivity contribution in [3.8, 4) is 5.75 Å². The number of cyclic esters (lactones) is 1. The fourth-order valence-corrected chi connectivity index (χ4v) is 4.50. The summed E-state index contributed by atoms with van der Waals surface area (Å²) in [5.74, 6) is 0.665. The van der Waals surface area contributed by atoms with Crippen LogP contribution in [0.15, 0.2) is 59.2 Å². The Kier molecular flexibility index (Phi) is 18.4. The number of ether oxygens (including phenoxy) is 2. The Bertz CT molecular complexity index is 1170. The molecule has 1 aliphatic heterocycles. The monoisotopic (exact) mass is 616 g/mol. The van der Waals surface area contributed by atoms with Crippen molar-refractivity contribution < 1.29 is 28.6 Å². The number of anilines is 1. The van der Waals surface area contributed by atoms with Crippen molar-refractivity contribution in [3.63, 3.8) is 0 Å². The van der Waals surface area contributed by atoms with Gasteiger partial charge in [0.1, 0.15) is 22.9 Å². The van der Waals surface area contributed by atoms with Gasteiger partial charge in [0.25, 0.3) is 0 Å². The number of aliphatic hydroxyl groups is 1. The maximum Gasteiger partial charge on any atom is 0.410 e. The van der Waals surface area contributed by atoms with Crippen LogP contribution in [-0.4, -0.2) is 67.3 Å². The largest absolute Gasteiger partial charge is 0.511 e. The Labute approximate surface area is 263 Å². The number of nitrogens with zero attached hydrogens (tertiary/aromatic N) is 2. The number of allylic oxidation sites excluding steroid dienone is 7. The summed E-state index contributed by atoms with van der Waals surface area (Å²) >= 11 is 0. The van der Waals surface area contributed by atoms with Crippen LogP contribution in [0, 0.1) is 6.92 Å². The van der Waals surface area contributed by atoms with Gasteiger partial charge in [0.2, 0.25) is 0 Å². The Morgan fingerprint density at radius 1 is 1.20 bits per heavy atom. The molecule has 9 nitrogen and oxygen atoms in total. The van der Waals surface area contributed by atoms with Crippen LogP contribution in [0.25, 0.3) is 5.57 Å². The molecule has 1 unspecified atom stereocenters. The van der Waals surface area contributed by atoms with Crippen LogP contribution in [-0.2, 0) is 9.57 Å². The molecule has 0 spiro atoms. The minimum atomic E-state index is -0.393. The first kappa shape index (κ1) is 38.4. The van der Waals surface area contributed by atoms with E-state index in [0.29, 0.717) is 32.7 Å². The van der Waals surface area contributed by atoms with E-state index in [1.807, 2.05) is 59.8 Å². The molecule has 1 aromatic rings. The second kappa shape index (κ2) is 21.1. The first-order valence-electron chi connectivity index (χ1n) is 15.6. The number of aryl methyl sites for hydroxylation is 1. The van der Waals surface area contributed by atoms with Crippen molar-refractivity contribution in [2.45, 2.75) is 80.3 Å². The summed E-state index contributed by atoms with van der Waals surface area (Å²) in [5, 5.41) is 12.2. The molecule has 1 aliphatic carbocycles. The summed E-state index contributed by atoms with van der Waals surface area (Å²) in [4.78, 5) is 22.8. The van der Waals surface area contributed by atoms with Gasteiger partial charge in [0, 0.05) is 18.2 Å². The first-order chi connectivity index (χ1) is 21.2. The molecule has 2 aliphatic rings. The number of halogens is 1. The molecule has 3 rings (SSSR count). The van der Waals surface area contributed by atoms with E-state index in [1.165, 1.54) is 18.4 Å². The number of carbonyl (C=O) groups excluding carboxylic acids is 1. The van der Waals surface area contributed by atoms with Crippen molar-refractivity contribution >= 4 is 23.6 Å². The molecule has 0 aromatic heterocycles. The predicted molar refractivity (Wildman–Crippen MR) is 179 cm³/mol. The summed E-state index contributed by atoms with van der Waals surface area (Å²) in [6.07, 6.45) is 11.4. The molecule has 3 N–H and O–H groups in total. The number of carbonyl (C=O) groups is 1. The zero-order valence-electron chi connectivity index (χ0n) is 27.8. The number of rotatable bonds is 14. The highest BCUT2D eigenvalue weighted by molar-refractivity contribution is 5.83. The maximum absolute atomic E-state index is 13.4. The van der Waals surface area contributed by atoms with E-state index in [9.17, 15) is 9.18 Å². The van der Waals surface area contributed by atoms with E-state index in [0.717, 1.165) is 54.1 Å². The maximum atomic E-state index is 13.4. The third-order valence-electron chi connectivity index (χ3n) is 6.61. The van der Waals surface area contributed by atoms with Gasteiger partial charge in [-0.25, -0.2) is 9.18 Å². The molecule has 246 valence electrons. The zero-order valence-corrected chi connectivity index (χ0v) is 27.8. The molecule has 0 radical (unpaired) electrons. The minimum Gasteiger partial charge on any atom is -0.511 e. The minimum absolute atomic E-state index is 0.138. The Balaban J connectivity index is 0.000000419. The fraction of sp³-hybridized carbons (Fsp3) is 0.529. The van der Waals surface area contributed by atoms with Crippen LogP contribution in [0.3, 0.4) is 0 Å². The molecular weight excluding hydrogens is 563 g/mol. The van der Waals surface area contributed by atoms with Crippen LogP contribution in [0.1, 0.15) is 78.9 Å². The average molecular weight is 617 g/mol. The van der Waals surface area contributed by atoms with E-state index >= 15 is 0 Å². The van der Waals surface area contributed by atoms with Gasteiger partial charge in [0.15, 0.2) is 0 Å². The van der Waals surface area contributed by atoms with Crippen molar-refractivity contribution in [2.75, 3.05) is 44.9 Å². The van der Waals surface area contributed by atoms with E-state index in [1.54, 1.807) is 24.1 Å². The van der Waals surface area contributed by atoms with Crippen molar-refractivity contribution in [2.24, 2.45) is 4.99 Å². The molecule has 0 bridgehead atoms. The van der Waals surface area contributed by atoms with Crippen molar-refractivity contribution in [1.82, 2.24) is 10.2 Å². The van der Waals surface area contributed by atoms with E-state index < -0.39 is 5.60 Å². The smallest absolute Gasteiger partial charge is 0.410 e. The van der Waals surface area contributed by atoms with Gasteiger partial charge in [-0.3, -0.25) is 20.2 Å². The number of aliphatic hydroxyl groups excluding tert-OH is 1. The molecule has 10 heteroatoms. The number of amides is 1. The SMILES string of the molecule is CC.CCNCCC1(CC)CN(CC=N/C=C(\C)O)C(=O)O1.CCONc1cc(C)cc(OCC)c1C1=CC=C(F)C=CC1. The Hall–Kier alpha value is -3.63. The third kappa shape index (κ3) is 12.9. The lowest BCUT2D eigenvalue weighted by atomic mass is 9.96. The van der Waals surface area contributed by atoms with E-state index in [2.05, 4.69) is 22.7 Å². The molecule has 1 aromatic carbocycles. The number of nitrogens with one attached hydrogen (secondary N) is 2.